The van der Waals surface area contributed by atoms with Crippen molar-refractivity contribution in [2.75, 3.05) is 19.6 Å². The van der Waals surface area contributed by atoms with E-state index < -0.39 is 0 Å². The maximum atomic E-state index is 11.8. The molecule has 5 heteroatoms. The van der Waals surface area contributed by atoms with Crippen LogP contribution in [0.4, 0.5) is 0 Å². The normalized spacial score (nSPS) is 17.3. The van der Waals surface area contributed by atoms with Crippen LogP contribution in [-0.4, -0.2) is 39.1 Å². The molecule has 96 valence electrons. The van der Waals surface area contributed by atoms with Crippen LogP contribution < -0.4 is 5.56 Å². The van der Waals surface area contributed by atoms with Gasteiger partial charge in [0, 0.05) is 19.0 Å². The lowest BCUT2D eigenvalue weighted by Gasteiger charge is -2.25. The van der Waals surface area contributed by atoms with Crippen LogP contribution in [0.5, 0.6) is 0 Å². The fourth-order valence-electron chi connectivity index (χ4n) is 2.62. The van der Waals surface area contributed by atoms with Crippen molar-refractivity contribution in [1.29, 1.82) is 0 Å². The Hall–Kier alpha value is -1.62. The average molecular weight is 246 g/mol. The molecule has 1 N–H and O–H groups in total. The van der Waals surface area contributed by atoms with Gasteiger partial charge in [-0.25, -0.2) is 4.40 Å². The van der Waals surface area contributed by atoms with E-state index in [0.717, 1.165) is 24.4 Å². The number of hydrogen-bond donors (Lipinski definition) is 1. The first-order valence-corrected chi connectivity index (χ1v) is 6.62. The highest BCUT2D eigenvalue weighted by Gasteiger charge is 2.12. The minimum Gasteiger partial charge on any atom is -0.303 e. The predicted molar refractivity (Wildman–Crippen MR) is 69.8 cm³/mol. The Balaban J connectivity index is 1.76. The van der Waals surface area contributed by atoms with Crippen molar-refractivity contribution >= 4 is 5.65 Å². The Kier molecular flexibility index (Phi) is 3.15. The van der Waals surface area contributed by atoms with E-state index in [1.165, 1.54) is 32.4 Å². The van der Waals surface area contributed by atoms with Crippen molar-refractivity contribution in [3.05, 3.63) is 34.4 Å². The molecule has 1 aliphatic rings. The lowest BCUT2D eigenvalue weighted by atomic mass is 10.1. The molecule has 3 rings (SSSR count). The first-order valence-electron chi connectivity index (χ1n) is 6.62. The first-order chi connectivity index (χ1) is 8.84. The van der Waals surface area contributed by atoms with Gasteiger partial charge in [-0.1, -0.05) is 12.5 Å². The molecule has 1 fully saturated rings. The summed E-state index contributed by atoms with van der Waals surface area (Å²) in [4.78, 5) is 14.3. The molecular formula is C13H18N4O. The van der Waals surface area contributed by atoms with E-state index in [4.69, 9.17) is 0 Å². The summed E-state index contributed by atoms with van der Waals surface area (Å²) in [7, 11) is 0. The van der Waals surface area contributed by atoms with Crippen molar-refractivity contribution in [2.24, 2.45) is 0 Å². The number of pyridine rings is 1. The molecule has 5 nitrogen and oxygen atoms in total. The number of aromatic amines is 1. The molecule has 1 aliphatic heterocycles. The van der Waals surface area contributed by atoms with Gasteiger partial charge in [0.05, 0.1) is 0 Å². The van der Waals surface area contributed by atoms with Gasteiger partial charge in [0.1, 0.15) is 11.5 Å². The highest BCUT2D eigenvalue weighted by molar-refractivity contribution is 5.37. The van der Waals surface area contributed by atoms with Crippen molar-refractivity contribution in [2.45, 2.75) is 25.7 Å². The summed E-state index contributed by atoms with van der Waals surface area (Å²) in [6, 6.07) is 5.20. The number of hydrogen-bond acceptors (Lipinski definition) is 3. The molecule has 0 unspecified atom stereocenters. The van der Waals surface area contributed by atoms with Gasteiger partial charge in [-0.15, -0.1) is 0 Å². The van der Waals surface area contributed by atoms with Gasteiger partial charge in [0.25, 0.3) is 5.56 Å². The third-order valence-electron chi connectivity index (χ3n) is 3.61. The summed E-state index contributed by atoms with van der Waals surface area (Å²) in [5.41, 5.74) is 0.769. The number of aromatic nitrogens is 3. The number of nitrogens with zero attached hydrogens (tertiary/aromatic N) is 3. The van der Waals surface area contributed by atoms with E-state index in [-0.39, 0.29) is 5.56 Å². The second-order valence-corrected chi connectivity index (χ2v) is 4.88. The number of nitrogens with one attached hydrogen (secondary N) is 1. The fraction of sp³-hybridized carbons (Fsp3) is 0.538. The molecule has 0 atom stereocenters. The highest BCUT2D eigenvalue weighted by atomic mass is 16.1. The second kappa shape index (κ2) is 4.94. The lowest BCUT2D eigenvalue weighted by molar-refractivity contribution is 0.230. The van der Waals surface area contributed by atoms with Gasteiger partial charge >= 0.3 is 0 Å². The molecular weight excluding hydrogens is 228 g/mol. The summed E-state index contributed by atoms with van der Waals surface area (Å²) < 4.78 is 1.67. The largest absolute Gasteiger partial charge is 0.303 e. The Bertz CT molecular complexity index is 580. The zero-order valence-electron chi connectivity index (χ0n) is 10.4. The Morgan fingerprint density at radius 2 is 2.06 bits per heavy atom. The summed E-state index contributed by atoms with van der Waals surface area (Å²) in [5, 5.41) is 7.16. The lowest BCUT2D eigenvalue weighted by Crippen LogP contribution is -2.32. The van der Waals surface area contributed by atoms with Gasteiger partial charge in [0.15, 0.2) is 0 Å². The SMILES string of the molecule is O=c1cccc2[nH]nc(CCN3CCCCC3)n12. The van der Waals surface area contributed by atoms with E-state index in [9.17, 15) is 4.79 Å². The van der Waals surface area contributed by atoms with Crippen molar-refractivity contribution in [3.63, 3.8) is 0 Å². The molecule has 1 saturated heterocycles. The topological polar surface area (TPSA) is 53.4 Å². The van der Waals surface area contributed by atoms with Crippen LogP contribution in [0.1, 0.15) is 25.1 Å². The Morgan fingerprint density at radius 1 is 1.22 bits per heavy atom. The number of fused-ring (bicyclic) bond motifs is 1. The minimum absolute atomic E-state index is 0.00473. The predicted octanol–water partition coefficient (Wildman–Crippen LogP) is 1.05. The summed E-state index contributed by atoms with van der Waals surface area (Å²) in [5.74, 6) is 0.834. The Morgan fingerprint density at radius 3 is 2.89 bits per heavy atom. The Labute approximate surface area is 105 Å². The summed E-state index contributed by atoms with van der Waals surface area (Å²) in [6.07, 6.45) is 4.76. The van der Waals surface area contributed by atoms with Gasteiger partial charge in [-0.05, 0) is 32.0 Å². The molecule has 0 radical (unpaired) electrons. The van der Waals surface area contributed by atoms with Crippen LogP contribution in [-0.2, 0) is 6.42 Å². The van der Waals surface area contributed by atoms with Crippen molar-refractivity contribution in [1.82, 2.24) is 19.5 Å². The fourth-order valence-corrected chi connectivity index (χ4v) is 2.62. The zero-order valence-corrected chi connectivity index (χ0v) is 10.4. The highest BCUT2D eigenvalue weighted by Crippen LogP contribution is 2.09. The average Bonchev–Trinajstić information content (AvgIpc) is 2.82. The van der Waals surface area contributed by atoms with Crippen LogP contribution in [0.3, 0.4) is 0 Å². The van der Waals surface area contributed by atoms with E-state index in [0.29, 0.717) is 0 Å². The second-order valence-electron chi connectivity index (χ2n) is 4.88. The molecule has 2 aromatic heterocycles. The quantitative estimate of drug-likeness (QED) is 0.880. The van der Waals surface area contributed by atoms with E-state index in [1.807, 2.05) is 6.07 Å². The standard InChI is InChI=1S/C13H18N4O/c18-13-6-4-5-11-14-15-12(17(11)13)7-10-16-8-2-1-3-9-16/h4-6,14H,1-3,7-10H2. The maximum absolute atomic E-state index is 11.8. The van der Waals surface area contributed by atoms with Gasteiger partial charge in [0.2, 0.25) is 0 Å². The molecule has 0 bridgehead atoms. The minimum atomic E-state index is -0.00473. The van der Waals surface area contributed by atoms with E-state index in [1.54, 1.807) is 16.5 Å². The van der Waals surface area contributed by atoms with Crippen LogP contribution in [0.15, 0.2) is 23.0 Å². The number of H-pyrrole nitrogens is 1. The molecule has 0 aromatic carbocycles. The molecule has 0 spiro atoms. The smallest absolute Gasteiger partial charge is 0.257 e. The van der Waals surface area contributed by atoms with E-state index >= 15 is 0 Å². The van der Waals surface area contributed by atoms with Crippen molar-refractivity contribution in [3.8, 4) is 0 Å². The van der Waals surface area contributed by atoms with Gasteiger partial charge in [-0.3, -0.25) is 9.89 Å². The molecule has 0 saturated carbocycles. The summed E-state index contributed by atoms with van der Waals surface area (Å²) in [6.45, 7) is 3.34. The van der Waals surface area contributed by atoms with Crippen LogP contribution >= 0.6 is 0 Å². The van der Waals surface area contributed by atoms with Crippen LogP contribution in [0.25, 0.3) is 5.65 Å². The maximum Gasteiger partial charge on any atom is 0.257 e. The van der Waals surface area contributed by atoms with E-state index in [2.05, 4.69) is 15.1 Å². The monoisotopic (exact) mass is 246 g/mol. The number of likely N-dealkylation sites (tertiary alicyclic amines) is 1. The van der Waals surface area contributed by atoms with Gasteiger partial charge < -0.3 is 4.90 Å². The third kappa shape index (κ3) is 2.18. The molecule has 0 amide bonds. The molecule has 2 aromatic rings. The van der Waals surface area contributed by atoms with Crippen LogP contribution in [0, 0.1) is 0 Å². The molecule has 3 heterocycles. The number of piperidine rings is 1. The molecule has 0 aliphatic carbocycles. The molecule has 18 heavy (non-hydrogen) atoms. The number of rotatable bonds is 3. The third-order valence-corrected chi connectivity index (χ3v) is 3.61. The van der Waals surface area contributed by atoms with Crippen LogP contribution in [0.2, 0.25) is 0 Å². The van der Waals surface area contributed by atoms with Crippen molar-refractivity contribution < 1.29 is 0 Å². The first kappa shape index (κ1) is 11.5. The zero-order chi connectivity index (χ0) is 12.4. The van der Waals surface area contributed by atoms with Gasteiger partial charge in [-0.2, -0.15) is 5.10 Å². The summed E-state index contributed by atoms with van der Waals surface area (Å²) >= 11 is 0.